The Morgan fingerprint density at radius 3 is 2.71 bits per heavy atom. The number of ether oxygens (including phenoxy) is 1. The second kappa shape index (κ2) is 6.77. The van der Waals surface area contributed by atoms with Crippen LogP contribution in [0.2, 0.25) is 0 Å². The standard InChI is InChI=1S/C13H18N4O3S/c1-4-6-20-7-5-17-11(10(13(18)19)15-16-17)12-8(2)14-9(3)21-12/h4-7H2,1-3H3,(H,18,19). The van der Waals surface area contributed by atoms with E-state index < -0.39 is 5.97 Å². The second-order valence-corrected chi connectivity index (χ2v) is 5.78. The monoisotopic (exact) mass is 310 g/mol. The molecule has 7 nitrogen and oxygen atoms in total. The lowest BCUT2D eigenvalue weighted by molar-refractivity contribution is 0.0691. The van der Waals surface area contributed by atoms with E-state index in [0.29, 0.717) is 25.5 Å². The molecule has 0 saturated heterocycles. The highest BCUT2D eigenvalue weighted by atomic mass is 32.1. The molecule has 2 aromatic heterocycles. The van der Waals surface area contributed by atoms with Gasteiger partial charge in [0.25, 0.3) is 0 Å². The van der Waals surface area contributed by atoms with Crippen LogP contribution in [-0.2, 0) is 11.3 Å². The SMILES string of the molecule is CCCOCCn1nnc(C(=O)O)c1-c1sc(C)nc1C. The van der Waals surface area contributed by atoms with Gasteiger partial charge in [-0.2, -0.15) is 0 Å². The summed E-state index contributed by atoms with van der Waals surface area (Å²) in [6.07, 6.45) is 0.942. The van der Waals surface area contributed by atoms with Crippen LogP contribution < -0.4 is 0 Å². The molecule has 0 aliphatic heterocycles. The molecule has 0 unspecified atom stereocenters. The number of thiazole rings is 1. The number of carboxylic acid groups (broad SMARTS) is 1. The van der Waals surface area contributed by atoms with E-state index in [2.05, 4.69) is 15.3 Å². The van der Waals surface area contributed by atoms with Crippen molar-refractivity contribution >= 4 is 17.3 Å². The molecule has 0 fully saturated rings. The average Bonchev–Trinajstić information content (AvgIpc) is 2.97. The summed E-state index contributed by atoms with van der Waals surface area (Å²) in [5.74, 6) is -1.09. The molecule has 2 aromatic rings. The van der Waals surface area contributed by atoms with Crippen LogP contribution in [0.4, 0.5) is 0 Å². The van der Waals surface area contributed by atoms with Gasteiger partial charge in [-0.15, -0.1) is 16.4 Å². The predicted octanol–water partition coefficient (Wildman–Crippen LogP) is 2.14. The molecule has 0 saturated carbocycles. The van der Waals surface area contributed by atoms with E-state index in [9.17, 15) is 9.90 Å². The molecule has 114 valence electrons. The zero-order valence-electron chi connectivity index (χ0n) is 12.3. The lowest BCUT2D eigenvalue weighted by Gasteiger charge is -2.06. The van der Waals surface area contributed by atoms with Crippen molar-refractivity contribution in [3.8, 4) is 10.6 Å². The summed E-state index contributed by atoms with van der Waals surface area (Å²) in [6, 6.07) is 0. The van der Waals surface area contributed by atoms with E-state index in [4.69, 9.17) is 4.74 Å². The summed E-state index contributed by atoms with van der Waals surface area (Å²) in [4.78, 5) is 16.5. The van der Waals surface area contributed by atoms with Crippen LogP contribution in [0.3, 0.4) is 0 Å². The molecule has 2 heterocycles. The van der Waals surface area contributed by atoms with Gasteiger partial charge in [0.15, 0.2) is 5.69 Å². The fraction of sp³-hybridized carbons (Fsp3) is 0.538. The highest BCUT2D eigenvalue weighted by Crippen LogP contribution is 2.31. The first kappa shape index (κ1) is 15.6. The normalized spacial score (nSPS) is 11.0. The Kier molecular flexibility index (Phi) is 5.03. The van der Waals surface area contributed by atoms with E-state index in [-0.39, 0.29) is 5.69 Å². The van der Waals surface area contributed by atoms with Crippen LogP contribution in [0.25, 0.3) is 10.6 Å². The summed E-state index contributed by atoms with van der Waals surface area (Å²) in [5, 5.41) is 17.9. The van der Waals surface area contributed by atoms with Gasteiger partial charge in [-0.05, 0) is 20.3 Å². The maximum atomic E-state index is 11.3. The fourth-order valence-electron chi connectivity index (χ4n) is 1.99. The molecular formula is C13H18N4O3S. The highest BCUT2D eigenvalue weighted by Gasteiger charge is 2.23. The zero-order valence-corrected chi connectivity index (χ0v) is 13.1. The summed E-state index contributed by atoms with van der Waals surface area (Å²) in [5.41, 5.74) is 1.25. The molecule has 2 rings (SSSR count). The minimum Gasteiger partial charge on any atom is -0.476 e. The van der Waals surface area contributed by atoms with Crippen molar-refractivity contribution in [2.45, 2.75) is 33.7 Å². The molecule has 0 bridgehead atoms. The minimum atomic E-state index is -1.09. The van der Waals surface area contributed by atoms with Crippen molar-refractivity contribution < 1.29 is 14.6 Å². The van der Waals surface area contributed by atoms with E-state index in [1.165, 1.54) is 11.3 Å². The minimum absolute atomic E-state index is 0.0442. The third-order valence-corrected chi connectivity index (χ3v) is 3.93. The third-order valence-electron chi connectivity index (χ3n) is 2.85. The number of hydrogen-bond donors (Lipinski definition) is 1. The number of aromatic carboxylic acids is 1. The van der Waals surface area contributed by atoms with Crippen molar-refractivity contribution in [1.29, 1.82) is 0 Å². The highest BCUT2D eigenvalue weighted by molar-refractivity contribution is 7.15. The van der Waals surface area contributed by atoms with Gasteiger partial charge >= 0.3 is 5.97 Å². The van der Waals surface area contributed by atoms with Crippen molar-refractivity contribution in [3.05, 3.63) is 16.4 Å². The molecule has 0 spiro atoms. The summed E-state index contributed by atoms with van der Waals surface area (Å²) < 4.78 is 7.02. The molecule has 0 aliphatic carbocycles. The first-order valence-corrected chi connectivity index (χ1v) is 7.55. The number of aryl methyl sites for hydroxylation is 2. The molecule has 0 amide bonds. The molecule has 8 heteroatoms. The predicted molar refractivity (Wildman–Crippen MR) is 78.7 cm³/mol. The third kappa shape index (κ3) is 3.45. The van der Waals surface area contributed by atoms with Gasteiger partial charge in [0, 0.05) is 6.61 Å². The van der Waals surface area contributed by atoms with Gasteiger partial charge in [-0.25, -0.2) is 14.5 Å². The van der Waals surface area contributed by atoms with Gasteiger partial charge < -0.3 is 9.84 Å². The maximum Gasteiger partial charge on any atom is 0.358 e. The summed E-state index contributed by atoms with van der Waals surface area (Å²) in [6.45, 7) is 7.39. The van der Waals surface area contributed by atoms with Gasteiger partial charge in [0.1, 0.15) is 5.69 Å². The van der Waals surface area contributed by atoms with Crippen LogP contribution in [0.5, 0.6) is 0 Å². The summed E-state index contributed by atoms with van der Waals surface area (Å²) in [7, 11) is 0. The quantitative estimate of drug-likeness (QED) is 0.788. The van der Waals surface area contributed by atoms with Gasteiger partial charge in [0.05, 0.1) is 28.7 Å². The smallest absolute Gasteiger partial charge is 0.358 e. The van der Waals surface area contributed by atoms with Crippen LogP contribution in [-0.4, -0.2) is 44.3 Å². The number of hydrogen-bond acceptors (Lipinski definition) is 6. The Balaban J connectivity index is 2.34. The lowest BCUT2D eigenvalue weighted by atomic mass is 10.2. The Morgan fingerprint density at radius 2 is 2.14 bits per heavy atom. The number of carbonyl (C=O) groups is 1. The molecule has 0 radical (unpaired) electrons. The van der Waals surface area contributed by atoms with E-state index in [1.807, 2.05) is 20.8 Å². The van der Waals surface area contributed by atoms with Gasteiger partial charge in [0.2, 0.25) is 0 Å². The Bertz CT molecular complexity index is 635. The number of rotatable bonds is 7. The van der Waals surface area contributed by atoms with Crippen LogP contribution in [0, 0.1) is 13.8 Å². The van der Waals surface area contributed by atoms with Crippen molar-refractivity contribution in [1.82, 2.24) is 20.0 Å². The first-order valence-electron chi connectivity index (χ1n) is 6.73. The molecule has 0 atom stereocenters. The molecule has 21 heavy (non-hydrogen) atoms. The van der Waals surface area contributed by atoms with E-state index in [0.717, 1.165) is 22.0 Å². The van der Waals surface area contributed by atoms with E-state index >= 15 is 0 Å². The fourth-order valence-corrected chi connectivity index (χ4v) is 2.96. The van der Waals surface area contributed by atoms with Crippen LogP contribution in [0.1, 0.15) is 34.5 Å². The zero-order chi connectivity index (χ0) is 15.4. The largest absolute Gasteiger partial charge is 0.476 e. The lowest BCUT2D eigenvalue weighted by Crippen LogP contribution is -2.10. The van der Waals surface area contributed by atoms with Crippen LogP contribution in [0.15, 0.2) is 0 Å². The summed E-state index contributed by atoms with van der Waals surface area (Å²) >= 11 is 1.45. The Morgan fingerprint density at radius 1 is 1.38 bits per heavy atom. The number of carboxylic acids is 1. The molecule has 0 aliphatic rings. The Hall–Kier alpha value is -1.80. The number of nitrogens with zero attached hydrogens (tertiary/aromatic N) is 4. The molecule has 1 N–H and O–H groups in total. The van der Waals surface area contributed by atoms with Crippen LogP contribution >= 0.6 is 11.3 Å². The van der Waals surface area contributed by atoms with E-state index in [1.54, 1.807) is 4.68 Å². The first-order chi connectivity index (χ1) is 10.0. The van der Waals surface area contributed by atoms with Crippen molar-refractivity contribution in [3.63, 3.8) is 0 Å². The number of aromatic nitrogens is 4. The van der Waals surface area contributed by atoms with Gasteiger partial charge in [-0.3, -0.25) is 0 Å². The van der Waals surface area contributed by atoms with Gasteiger partial charge in [-0.1, -0.05) is 12.1 Å². The molecular weight excluding hydrogens is 292 g/mol. The molecule has 0 aromatic carbocycles. The van der Waals surface area contributed by atoms with Crippen molar-refractivity contribution in [2.24, 2.45) is 0 Å². The average molecular weight is 310 g/mol. The second-order valence-electron chi connectivity index (χ2n) is 4.57. The van der Waals surface area contributed by atoms with Crippen molar-refractivity contribution in [2.75, 3.05) is 13.2 Å². The topological polar surface area (TPSA) is 90.1 Å². The Labute approximate surface area is 126 Å². The maximum absolute atomic E-state index is 11.3.